The van der Waals surface area contributed by atoms with Crippen LogP contribution < -0.4 is 4.90 Å². The van der Waals surface area contributed by atoms with Crippen LogP contribution in [0.25, 0.3) is 11.0 Å². The first-order valence-corrected chi connectivity index (χ1v) is 13.2. The van der Waals surface area contributed by atoms with Crippen LogP contribution in [0.4, 0.5) is 10.2 Å². The number of esters is 1. The van der Waals surface area contributed by atoms with Crippen LogP contribution in [0.2, 0.25) is 15.1 Å². The summed E-state index contributed by atoms with van der Waals surface area (Å²) in [6.07, 6.45) is 0.442. The summed E-state index contributed by atoms with van der Waals surface area (Å²) in [6, 6.07) is 6.37. The summed E-state index contributed by atoms with van der Waals surface area (Å²) >= 11 is 18.0. The molecule has 2 aromatic carbocycles. The molecule has 0 unspecified atom stereocenters. The van der Waals surface area contributed by atoms with Crippen LogP contribution in [-0.2, 0) is 14.8 Å². The first kappa shape index (κ1) is 25.8. The standard InChI is InChI=1S/C22H20Cl3FN4O4S/c1-2-34-22(31)20-21(28-19-12-15(24)14(23)11-18(19)27-20)29-6-3-7-30(9-8-29)35(32,33)13-4-5-17(26)16(25)10-13/h4-5,10-12H,2-3,6-9H2,1H3. The monoisotopic (exact) mass is 560 g/mol. The molecular weight excluding hydrogens is 542 g/mol. The Morgan fingerprint density at radius 1 is 1.00 bits per heavy atom. The Hall–Kier alpha value is -2.24. The maximum atomic E-state index is 13.5. The highest BCUT2D eigenvalue weighted by molar-refractivity contribution is 7.89. The molecule has 0 spiro atoms. The molecule has 186 valence electrons. The van der Waals surface area contributed by atoms with Crippen molar-refractivity contribution in [1.29, 1.82) is 0 Å². The average molecular weight is 562 g/mol. The second-order valence-electron chi connectivity index (χ2n) is 7.69. The third-order valence-electron chi connectivity index (χ3n) is 5.44. The zero-order chi connectivity index (χ0) is 25.3. The summed E-state index contributed by atoms with van der Waals surface area (Å²) in [4.78, 5) is 23.4. The fraction of sp³-hybridized carbons (Fsp3) is 0.318. The van der Waals surface area contributed by atoms with Crippen molar-refractivity contribution in [2.24, 2.45) is 0 Å². The van der Waals surface area contributed by atoms with E-state index in [4.69, 9.17) is 39.5 Å². The zero-order valence-corrected chi connectivity index (χ0v) is 21.6. The highest BCUT2D eigenvalue weighted by Crippen LogP contribution is 2.30. The van der Waals surface area contributed by atoms with Crippen LogP contribution in [-0.4, -0.2) is 61.4 Å². The lowest BCUT2D eigenvalue weighted by molar-refractivity contribution is 0.0520. The Bertz CT molecular complexity index is 1410. The summed E-state index contributed by atoms with van der Waals surface area (Å²) < 4.78 is 46.3. The summed E-state index contributed by atoms with van der Waals surface area (Å²) in [6.45, 7) is 2.77. The zero-order valence-electron chi connectivity index (χ0n) is 18.5. The van der Waals surface area contributed by atoms with Crippen molar-refractivity contribution in [2.45, 2.75) is 18.2 Å². The molecule has 1 aliphatic rings. The lowest BCUT2D eigenvalue weighted by Gasteiger charge is -2.24. The van der Waals surface area contributed by atoms with Crippen LogP contribution in [0.3, 0.4) is 0 Å². The van der Waals surface area contributed by atoms with E-state index in [0.29, 0.717) is 24.0 Å². The second-order valence-corrected chi connectivity index (χ2v) is 10.9. The van der Waals surface area contributed by atoms with Crippen molar-refractivity contribution in [1.82, 2.24) is 14.3 Å². The number of sulfonamides is 1. The number of rotatable bonds is 5. The van der Waals surface area contributed by atoms with Crippen molar-refractivity contribution >= 4 is 67.6 Å². The summed E-state index contributed by atoms with van der Waals surface area (Å²) in [5.74, 6) is -1.09. The third-order valence-corrected chi connectivity index (χ3v) is 8.35. The highest BCUT2D eigenvalue weighted by atomic mass is 35.5. The molecule has 0 amide bonds. The Balaban J connectivity index is 1.67. The Morgan fingerprint density at radius 2 is 1.69 bits per heavy atom. The van der Waals surface area contributed by atoms with Crippen LogP contribution in [0.5, 0.6) is 0 Å². The lowest BCUT2D eigenvalue weighted by Crippen LogP contribution is -2.36. The first-order valence-electron chi connectivity index (χ1n) is 10.7. The molecule has 1 fully saturated rings. The van der Waals surface area contributed by atoms with Gasteiger partial charge in [-0.15, -0.1) is 0 Å². The number of benzene rings is 2. The lowest BCUT2D eigenvalue weighted by atomic mass is 10.2. The fourth-order valence-corrected chi connectivity index (χ4v) is 5.79. The molecule has 13 heteroatoms. The number of carbonyl (C=O) groups excluding carboxylic acids is 1. The van der Waals surface area contributed by atoms with Gasteiger partial charge in [0.15, 0.2) is 11.5 Å². The first-order chi connectivity index (χ1) is 16.6. The van der Waals surface area contributed by atoms with Gasteiger partial charge in [0.1, 0.15) is 5.82 Å². The largest absolute Gasteiger partial charge is 0.461 e. The predicted octanol–water partition coefficient (Wildman–Crippen LogP) is 4.81. The van der Waals surface area contributed by atoms with Crippen molar-refractivity contribution in [2.75, 3.05) is 37.7 Å². The minimum absolute atomic E-state index is 0.000590. The molecule has 3 aromatic rings. The van der Waals surface area contributed by atoms with Gasteiger partial charge in [0.25, 0.3) is 0 Å². The van der Waals surface area contributed by atoms with E-state index in [-0.39, 0.29) is 57.7 Å². The van der Waals surface area contributed by atoms with E-state index in [9.17, 15) is 17.6 Å². The molecule has 8 nitrogen and oxygen atoms in total. The van der Waals surface area contributed by atoms with Gasteiger partial charge in [0.2, 0.25) is 10.0 Å². The summed E-state index contributed by atoms with van der Waals surface area (Å²) in [5, 5.41) is 0.286. The number of aromatic nitrogens is 2. The fourth-order valence-electron chi connectivity index (χ4n) is 3.73. The Kier molecular flexibility index (Phi) is 7.68. The van der Waals surface area contributed by atoms with Gasteiger partial charge >= 0.3 is 5.97 Å². The summed E-state index contributed by atoms with van der Waals surface area (Å²) in [5.41, 5.74) is 0.801. The maximum Gasteiger partial charge on any atom is 0.360 e. The van der Waals surface area contributed by atoms with E-state index in [1.807, 2.05) is 0 Å². The van der Waals surface area contributed by atoms with E-state index in [1.54, 1.807) is 17.9 Å². The minimum atomic E-state index is -3.91. The van der Waals surface area contributed by atoms with E-state index in [1.165, 1.54) is 16.4 Å². The molecule has 1 aliphatic heterocycles. The molecule has 0 aliphatic carbocycles. The van der Waals surface area contributed by atoms with Gasteiger partial charge in [-0.2, -0.15) is 4.31 Å². The number of nitrogens with zero attached hydrogens (tertiary/aromatic N) is 4. The molecule has 0 saturated carbocycles. The van der Waals surface area contributed by atoms with Gasteiger partial charge in [0, 0.05) is 26.2 Å². The van der Waals surface area contributed by atoms with E-state index >= 15 is 0 Å². The molecule has 1 aromatic heterocycles. The van der Waals surface area contributed by atoms with Crippen LogP contribution in [0, 0.1) is 5.82 Å². The van der Waals surface area contributed by atoms with Crippen LogP contribution in [0.1, 0.15) is 23.8 Å². The molecular formula is C22H20Cl3FN4O4S. The summed E-state index contributed by atoms with van der Waals surface area (Å²) in [7, 11) is -3.91. The van der Waals surface area contributed by atoms with E-state index in [0.717, 1.165) is 12.1 Å². The predicted molar refractivity (Wildman–Crippen MR) is 133 cm³/mol. The number of halogens is 4. The number of hydrogen-bond acceptors (Lipinski definition) is 7. The van der Waals surface area contributed by atoms with Crippen molar-refractivity contribution in [3.8, 4) is 0 Å². The maximum absolute atomic E-state index is 13.5. The molecule has 1 saturated heterocycles. The van der Waals surface area contributed by atoms with E-state index in [2.05, 4.69) is 9.97 Å². The molecule has 2 heterocycles. The number of ether oxygens (including phenoxy) is 1. The number of carbonyl (C=O) groups is 1. The molecule has 0 bridgehead atoms. The number of fused-ring (bicyclic) bond motifs is 1. The quantitative estimate of drug-likeness (QED) is 0.413. The van der Waals surface area contributed by atoms with Crippen molar-refractivity contribution in [3.63, 3.8) is 0 Å². The van der Waals surface area contributed by atoms with Gasteiger partial charge in [0.05, 0.1) is 37.6 Å². The number of anilines is 1. The molecule has 0 radical (unpaired) electrons. The Labute approximate surface area is 216 Å². The molecule has 0 atom stereocenters. The third kappa shape index (κ3) is 5.31. The Morgan fingerprint density at radius 3 is 2.34 bits per heavy atom. The van der Waals surface area contributed by atoms with Gasteiger partial charge in [-0.1, -0.05) is 34.8 Å². The SMILES string of the molecule is CCOC(=O)c1nc2cc(Cl)c(Cl)cc2nc1N1CCCN(S(=O)(=O)c2ccc(F)c(Cl)c2)CC1. The average Bonchev–Trinajstić information content (AvgIpc) is 3.08. The molecule has 0 N–H and O–H groups in total. The number of hydrogen-bond donors (Lipinski definition) is 0. The van der Waals surface area contributed by atoms with Gasteiger partial charge in [-0.05, 0) is 43.7 Å². The van der Waals surface area contributed by atoms with Gasteiger partial charge in [-0.25, -0.2) is 27.6 Å². The smallest absolute Gasteiger partial charge is 0.360 e. The van der Waals surface area contributed by atoms with Crippen LogP contribution in [0.15, 0.2) is 35.2 Å². The van der Waals surface area contributed by atoms with Crippen LogP contribution >= 0.6 is 34.8 Å². The van der Waals surface area contributed by atoms with Gasteiger partial charge < -0.3 is 9.64 Å². The van der Waals surface area contributed by atoms with E-state index < -0.39 is 21.8 Å². The highest BCUT2D eigenvalue weighted by Gasteiger charge is 2.30. The van der Waals surface area contributed by atoms with Gasteiger partial charge in [-0.3, -0.25) is 0 Å². The minimum Gasteiger partial charge on any atom is -0.461 e. The second kappa shape index (κ2) is 10.4. The normalized spacial score (nSPS) is 15.3. The van der Waals surface area contributed by atoms with Crippen molar-refractivity contribution < 1.29 is 22.3 Å². The molecule has 35 heavy (non-hydrogen) atoms. The van der Waals surface area contributed by atoms with Crippen molar-refractivity contribution in [3.05, 3.63) is 56.9 Å². The molecule has 4 rings (SSSR count). The topological polar surface area (TPSA) is 92.7 Å².